The molecule has 2 amide bonds. The number of anilines is 1. The molecular formula is C25H19N3O4S. The van der Waals surface area contributed by atoms with E-state index in [0.29, 0.717) is 27.8 Å². The maximum absolute atomic E-state index is 13.7. The molecule has 0 spiro atoms. The summed E-state index contributed by atoms with van der Waals surface area (Å²) in [5.41, 5.74) is 2.86. The zero-order valence-corrected chi connectivity index (χ0v) is 18.5. The Balaban J connectivity index is 1.44. The largest absolute Gasteiger partial charge is 0.454 e. The number of nitrogens with one attached hydrogen (secondary N) is 1. The number of hydrogen-bond acceptors (Lipinski definition) is 6. The molecule has 2 atom stereocenters. The van der Waals surface area contributed by atoms with E-state index in [-0.39, 0.29) is 18.6 Å². The molecule has 0 saturated carbocycles. The number of rotatable bonds is 3. The summed E-state index contributed by atoms with van der Waals surface area (Å²) in [4.78, 5) is 33.1. The third kappa shape index (κ3) is 3.22. The first-order valence-corrected chi connectivity index (χ1v) is 11.3. The van der Waals surface area contributed by atoms with Crippen LogP contribution in [0, 0.1) is 0 Å². The highest BCUT2D eigenvalue weighted by Gasteiger charge is 2.43. The minimum atomic E-state index is -0.628. The Kier molecular flexibility index (Phi) is 4.55. The van der Waals surface area contributed by atoms with Crippen LogP contribution < -0.4 is 14.8 Å². The van der Waals surface area contributed by atoms with Crippen molar-refractivity contribution in [3.05, 3.63) is 83.4 Å². The van der Waals surface area contributed by atoms with E-state index in [4.69, 9.17) is 9.47 Å². The lowest BCUT2D eigenvalue weighted by Gasteiger charge is -2.39. The van der Waals surface area contributed by atoms with Crippen LogP contribution >= 0.6 is 11.3 Å². The summed E-state index contributed by atoms with van der Waals surface area (Å²) in [5.74, 6) is 0.286. The van der Waals surface area contributed by atoms with Crippen LogP contribution in [-0.2, 0) is 4.79 Å². The number of likely N-dealkylation sites (N-methyl/N-ethyl adjacent to an activating group) is 1. The molecule has 33 heavy (non-hydrogen) atoms. The molecule has 0 radical (unpaired) electrons. The predicted molar refractivity (Wildman–Crippen MR) is 125 cm³/mol. The van der Waals surface area contributed by atoms with Gasteiger partial charge in [-0.25, -0.2) is 4.98 Å². The number of thiazole rings is 1. The smallest absolute Gasteiger partial charge is 0.254 e. The molecule has 8 heteroatoms. The maximum Gasteiger partial charge on any atom is 0.254 e. The fourth-order valence-corrected chi connectivity index (χ4v) is 5.45. The normalized spacial score (nSPS) is 18.9. The number of benzene rings is 3. The minimum absolute atomic E-state index is 0.127. The molecule has 0 bridgehead atoms. The molecule has 0 aliphatic carbocycles. The van der Waals surface area contributed by atoms with E-state index in [1.807, 2.05) is 60.7 Å². The Labute approximate surface area is 193 Å². The fourth-order valence-electron chi connectivity index (χ4n) is 4.58. The molecule has 164 valence electrons. The maximum atomic E-state index is 13.7. The number of carbonyl (C=O) groups is 2. The van der Waals surface area contributed by atoms with Crippen LogP contribution in [0.2, 0.25) is 0 Å². The lowest BCUT2D eigenvalue weighted by atomic mass is 9.79. The molecule has 0 saturated heterocycles. The van der Waals surface area contributed by atoms with Gasteiger partial charge >= 0.3 is 0 Å². The van der Waals surface area contributed by atoms with Crippen molar-refractivity contribution in [3.63, 3.8) is 0 Å². The van der Waals surface area contributed by atoms with Crippen LogP contribution in [0.3, 0.4) is 0 Å². The quantitative estimate of drug-likeness (QED) is 0.487. The zero-order chi connectivity index (χ0) is 22.5. The molecule has 6 rings (SSSR count). The van der Waals surface area contributed by atoms with Crippen LogP contribution in [0.25, 0.3) is 10.2 Å². The molecule has 2 unspecified atom stereocenters. The Bertz CT molecular complexity index is 1380. The van der Waals surface area contributed by atoms with Crippen molar-refractivity contribution in [2.75, 3.05) is 19.2 Å². The zero-order valence-electron chi connectivity index (χ0n) is 17.6. The number of para-hydroxylation sites is 1. The van der Waals surface area contributed by atoms with Crippen molar-refractivity contribution in [3.8, 4) is 11.5 Å². The minimum Gasteiger partial charge on any atom is -0.454 e. The number of fused-ring (bicyclic) bond motifs is 3. The highest BCUT2D eigenvalue weighted by Crippen LogP contribution is 2.45. The van der Waals surface area contributed by atoms with Gasteiger partial charge in [0.1, 0.15) is 0 Å². The second kappa shape index (κ2) is 7.60. The lowest BCUT2D eigenvalue weighted by molar-refractivity contribution is -0.119. The van der Waals surface area contributed by atoms with Gasteiger partial charge in [0.25, 0.3) is 5.91 Å². The van der Waals surface area contributed by atoms with Crippen LogP contribution in [0.5, 0.6) is 11.5 Å². The van der Waals surface area contributed by atoms with Gasteiger partial charge in [-0.15, -0.1) is 0 Å². The molecular weight excluding hydrogens is 438 g/mol. The van der Waals surface area contributed by atoms with E-state index >= 15 is 0 Å². The van der Waals surface area contributed by atoms with Gasteiger partial charge in [-0.3, -0.25) is 9.59 Å². The summed E-state index contributed by atoms with van der Waals surface area (Å²) in [6.45, 7) is 0.155. The van der Waals surface area contributed by atoms with E-state index in [0.717, 1.165) is 15.8 Å². The van der Waals surface area contributed by atoms with Gasteiger partial charge in [0.15, 0.2) is 16.6 Å². The molecule has 3 aromatic carbocycles. The summed E-state index contributed by atoms with van der Waals surface area (Å²) in [6.07, 6.45) is 0. The number of ether oxygens (including phenoxy) is 2. The fraction of sp³-hybridized carbons (Fsp3) is 0.160. The van der Waals surface area contributed by atoms with Crippen molar-refractivity contribution in [2.24, 2.45) is 0 Å². The van der Waals surface area contributed by atoms with Crippen molar-refractivity contribution < 1.29 is 19.1 Å². The monoisotopic (exact) mass is 457 g/mol. The predicted octanol–water partition coefficient (Wildman–Crippen LogP) is 4.57. The number of hydrogen-bond donors (Lipinski definition) is 1. The highest BCUT2D eigenvalue weighted by atomic mass is 32.1. The molecule has 4 aromatic rings. The van der Waals surface area contributed by atoms with Crippen LogP contribution in [-0.4, -0.2) is 35.5 Å². The summed E-state index contributed by atoms with van der Waals surface area (Å²) in [7, 11) is 1.73. The number of carbonyl (C=O) groups excluding carboxylic acids is 2. The van der Waals surface area contributed by atoms with Crippen LogP contribution in [0.15, 0.2) is 66.7 Å². The van der Waals surface area contributed by atoms with Crippen molar-refractivity contribution in [1.29, 1.82) is 0 Å². The molecule has 0 fully saturated rings. The van der Waals surface area contributed by atoms with Gasteiger partial charge in [-0.05, 0) is 41.5 Å². The van der Waals surface area contributed by atoms with Gasteiger partial charge in [0, 0.05) is 12.6 Å². The van der Waals surface area contributed by atoms with Gasteiger partial charge < -0.3 is 19.7 Å². The Morgan fingerprint density at radius 3 is 2.73 bits per heavy atom. The molecule has 3 heterocycles. The first-order valence-electron chi connectivity index (χ1n) is 10.5. The summed E-state index contributed by atoms with van der Waals surface area (Å²) < 4.78 is 12.0. The number of aromatic nitrogens is 1. The van der Waals surface area contributed by atoms with E-state index in [1.165, 1.54) is 11.3 Å². The van der Waals surface area contributed by atoms with Gasteiger partial charge in [-0.2, -0.15) is 0 Å². The molecule has 1 aromatic heterocycles. The SMILES string of the molecule is CN1C(=O)c2ccccc2C(C(=O)Nc2nc3ccccc3s2)C1c1ccc2c(c1)OCO2. The van der Waals surface area contributed by atoms with Crippen molar-refractivity contribution >= 4 is 38.5 Å². The first-order chi connectivity index (χ1) is 16.1. The molecule has 2 aliphatic heterocycles. The van der Waals surface area contributed by atoms with Gasteiger partial charge in [0.05, 0.1) is 22.2 Å². The van der Waals surface area contributed by atoms with Gasteiger partial charge in [-0.1, -0.05) is 47.7 Å². The van der Waals surface area contributed by atoms with E-state index < -0.39 is 12.0 Å². The van der Waals surface area contributed by atoms with Crippen LogP contribution in [0.1, 0.15) is 33.4 Å². The molecule has 1 N–H and O–H groups in total. The highest BCUT2D eigenvalue weighted by molar-refractivity contribution is 7.22. The van der Waals surface area contributed by atoms with Crippen LogP contribution in [0.4, 0.5) is 5.13 Å². The van der Waals surface area contributed by atoms with Crippen molar-refractivity contribution in [2.45, 2.75) is 12.0 Å². The van der Waals surface area contributed by atoms with E-state index in [9.17, 15) is 9.59 Å². The Hall–Kier alpha value is -3.91. The summed E-state index contributed by atoms with van der Waals surface area (Å²) >= 11 is 1.43. The standard InChI is InChI=1S/C25H19N3O4S/c1-28-22(14-10-11-18-19(12-14)32-13-31-18)21(15-6-2-3-7-16(15)24(28)30)23(29)27-25-26-17-8-4-5-9-20(17)33-25/h2-12,21-22H,13H2,1H3,(H,26,27,29). The average molecular weight is 458 g/mol. The first kappa shape index (κ1) is 19.8. The lowest BCUT2D eigenvalue weighted by Crippen LogP contribution is -2.44. The molecule has 2 aliphatic rings. The summed E-state index contributed by atoms with van der Waals surface area (Å²) in [5, 5.41) is 3.53. The third-order valence-electron chi connectivity index (χ3n) is 6.12. The van der Waals surface area contributed by atoms with Crippen molar-refractivity contribution in [1.82, 2.24) is 9.88 Å². The van der Waals surface area contributed by atoms with E-state index in [1.54, 1.807) is 18.0 Å². The molecule has 7 nitrogen and oxygen atoms in total. The third-order valence-corrected chi connectivity index (χ3v) is 7.08. The number of nitrogens with zero attached hydrogens (tertiary/aromatic N) is 2. The van der Waals surface area contributed by atoms with Gasteiger partial charge in [0.2, 0.25) is 12.7 Å². The van der Waals surface area contributed by atoms with E-state index in [2.05, 4.69) is 10.3 Å². The summed E-state index contributed by atoms with van der Waals surface area (Å²) in [6, 6.07) is 20.1. The topological polar surface area (TPSA) is 80.8 Å². The number of amides is 2. The Morgan fingerprint density at radius 1 is 1.06 bits per heavy atom. The second-order valence-corrected chi connectivity index (χ2v) is 9.05. The Morgan fingerprint density at radius 2 is 1.85 bits per heavy atom. The second-order valence-electron chi connectivity index (χ2n) is 8.01. The average Bonchev–Trinajstić information content (AvgIpc) is 3.46.